The van der Waals surface area contributed by atoms with Gasteiger partial charge >= 0.3 is 6.18 Å². The van der Waals surface area contributed by atoms with Gasteiger partial charge in [0.2, 0.25) is 11.7 Å². The number of piperidine rings is 1. The zero-order valence-corrected chi connectivity index (χ0v) is 20.3. The number of pyridine rings is 1. The molecular formula is C28H25F3N4O3. The molecule has 1 aliphatic rings. The first-order valence-electron chi connectivity index (χ1n) is 12.2. The van der Waals surface area contributed by atoms with Gasteiger partial charge in [0, 0.05) is 18.7 Å². The second-order valence-electron chi connectivity index (χ2n) is 8.90. The first-order chi connectivity index (χ1) is 18.4. The number of oxazole rings is 1. The van der Waals surface area contributed by atoms with E-state index in [2.05, 4.69) is 20.2 Å². The fourth-order valence-corrected chi connectivity index (χ4v) is 4.25. The minimum absolute atomic E-state index is 0.163. The highest BCUT2D eigenvalue weighted by molar-refractivity contribution is 6.03. The molecule has 10 heteroatoms. The predicted molar refractivity (Wildman–Crippen MR) is 136 cm³/mol. The summed E-state index contributed by atoms with van der Waals surface area (Å²) in [6.45, 7) is 2.09. The Bertz CT molecular complexity index is 1350. The van der Waals surface area contributed by atoms with Crippen LogP contribution in [-0.2, 0) is 17.5 Å². The number of aromatic nitrogens is 2. The van der Waals surface area contributed by atoms with Gasteiger partial charge in [-0.25, -0.2) is 9.97 Å². The van der Waals surface area contributed by atoms with Crippen molar-refractivity contribution in [3.05, 3.63) is 96.0 Å². The van der Waals surface area contributed by atoms with Crippen LogP contribution in [0.3, 0.4) is 0 Å². The Morgan fingerprint density at radius 3 is 2.32 bits per heavy atom. The van der Waals surface area contributed by atoms with E-state index in [-0.39, 0.29) is 17.7 Å². The van der Waals surface area contributed by atoms with E-state index in [9.17, 15) is 18.0 Å². The Morgan fingerprint density at radius 2 is 1.68 bits per heavy atom. The number of benzene rings is 2. The van der Waals surface area contributed by atoms with E-state index in [0.717, 1.165) is 31.5 Å². The van der Waals surface area contributed by atoms with Gasteiger partial charge in [0.15, 0.2) is 5.69 Å². The van der Waals surface area contributed by atoms with E-state index < -0.39 is 23.5 Å². The van der Waals surface area contributed by atoms with E-state index in [0.29, 0.717) is 18.0 Å². The molecule has 7 nitrogen and oxygen atoms in total. The number of anilines is 2. The van der Waals surface area contributed by atoms with Crippen LogP contribution < -0.4 is 10.2 Å². The Hall–Kier alpha value is -4.18. The van der Waals surface area contributed by atoms with Crippen molar-refractivity contribution in [1.82, 2.24) is 9.97 Å². The van der Waals surface area contributed by atoms with Gasteiger partial charge in [0.1, 0.15) is 5.82 Å². The van der Waals surface area contributed by atoms with Crippen molar-refractivity contribution in [1.29, 1.82) is 0 Å². The standard InChI is InChI=1S/C28H25F3N4O3/c29-28(30,31)25-24(38-27(34-25)20-9-5-2-6-10-20)26(36)33-21-11-12-23(32-17-21)35-15-13-22(14-16-35)37-18-19-7-3-1-4-8-19/h1-12,17,22H,13-16,18H2,(H,33,36). The van der Waals surface area contributed by atoms with Crippen molar-refractivity contribution < 1.29 is 27.1 Å². The van der Waals surface area contributed by atoms with E-state index in [4.69, 9.17) is 9.15 Å². The van der Waals surface area contributed by atoms with Gasteiger partial charge in [-0.15, -0.1) is 0 Å². The molecule has 3 heterocycles. The minimum Gasteiger partial charge on any atom is -0.430 e. The molecular weight excluding hydrogens is 497 g/mol. The maximum Gasteiger partial charge on any atom is 0.437 e. The fourth-order valence-electron chi connectivity index (χ4n) is 4.25. The molecule has 2 aromatic carbocycles. The van der Waals surface area contributed by atoms with Crippen LogP contribution >= 0.6 is 0 Å². The average molecular weight is 523 g/mol. The molecule has 38 heavy (non-hydrogen) atoms. The summed E-state index contributed by atoms with van der Waals surface area (Å²) in [5.41, 5.74) is 0.330. The van der Waals surface area contributed by atoms with Crippen LogP contribution in [-0.4, -0.2) is 35.1 Å². The third-order valence-electron chi connectivity index (χ3n) is 6.22. The number of ether oxygens (including phenoxy) is 1. The number of alkyl halides is 3. The van der Waals surface area contributed by atoms with Crippen LogP contribution in [0.5, 0.6) is 0 Å². The average Bonchev–Trinajstić information content (AvgIpc) is 3.41. The Morgan fingerprint density at radius 1 is 1.00 bits per heavy atom. The summed E-state index contributed by atoms with van der Waals surface area (Å²) >= 11 is 0. The maximum absolute atomic E-state index is 13.6. The molecule has 0 spiro atoms. The number of hydrogen-bond acceptors (Lipinski definition) is 6. The highest BCUT2D eigenvalue weighted by atomic mass is 19.4. The van der Waals surface area contributed by atoms with Gasteiger partial charge < -0.3 is 19.4 Å². The molecule has 1 N–H and O–H groups in total. The van der Waals surface area contributed by atoms with Crippen LogP contribution in [0.15, 0.2) is 83.4 Å². The van der Waals surface area contributed by atoms with Crippen LogP contribution in [0.1, 0.15) is 34.7 Å². The predicted octanol–water partition coefficient (Wildman–Crippen LogP) is 6.19. The highest BCUT2D eigenvalue weighted by Crippen LogP contribution is 2.35. The highest BCUT2D eigenvalue weighted by Gasteiger charge is 2.41. The lowest BCUT2D eigenvalue weighted by Crippen LogP contribution is -2.37. The number of carbonyl (C=O) groups is 1. The Kier molecular flexibility index (Phi) is 7.41. The molecule has 0 saturated carbocycles. The molecule has 0 atom stereocenters. The van der Waals surface area contributed by atoms with E-state index in [1.54, 1.807) is 42.5 Å². The van der Waals surface area contributed by atoms with Gasteiger partial charge in [0.25, 0.3) is 5.91 Å². The van der Waals surface area contributed by atoms with Gasteiger partial charge in [-0.3, -0.25) is 4.79 Å². The zero-order valence-electron chi connectivity index (χ0n) is 20.3. The number of halogens is 3. The van der Waals surface area contributed by atoms with Crippen molar-refractivity contribution >= 4 is 17.4 Å². The summed E-state index contributed by atoms with van der Waals surface area (Å²) in [6, 6.07) is 21.4. The van der Waals surface area contributed by atoms with E-state index in [1.165, 1.54) is 6.20 Å². The molecule has 1 fully saturated rings. The number of carbonyl (C=O) groups excluding carboxylic acids is 1. The second kappa shape index (κ2) is 11.1. The molecule has 1 amide bonds. The van der Waals surface area contributed by atoms with Gasteiger partial charge in [0.05, 0.1) is 24.6 Å². The van der Waals surface area contributed by atoms with E-state index in [1.807, 2.05) is 30.3 Å². The number of nitrogens with zero attached hydrogens (tertiary/aromatic N) is 3. The summed E-state index contributed by atoms with van der Waals surface area (Å²) in [5.74, 6) is -1.53. The van der Waals surface area contributed by atoms with Crippen LogP contribution in [0.4, 0.5) is 24.7 Å². The first-order valence-corrected chi connectivity index (χ1v) is 12.2. The number of rotatable bonds is 7. The zero-order chi connectivity index (χ0) is 26.5. The molecule has 4 aromatic rings. The summed E-state index contributed by atoms with van der Waals surface area (Å²) < 4.78 is 52.0. The van der Waals surface area contributed by atoms with Crippen LogP contribution in [0.2, 0.25) is 0 Å². The number of amides is 1. The molecule has 196 valence electrons. The van der Waals surface area contributed by atoms with Gasteiger partial charge in [-0.05, 0) is 42.7 Å². The number of nitrogens with one attached hydrogen (secondary N) is 1. The van der Waals surface area contributed by atoms with Crippen LogP contribution in [0.25, 0.3) is 11.5 Å². The quantitative estimate of drug-likeness (QED) is 0.312. The van der Waals surface area contributed by atoms with Crippen molar-refractivity contribution in [3.63, 3.8) is 0 Å². The van der Waals surface area contributed by atoms with Crippen LogP contribution in [0, 0.1) is 0 Å². The van der Waals surface area contributed by atoms with Crippen molar-refractivity contribution in [2.75, 3.05) is 23.3 Å². The summed E-state index contributed by atoms with van der Waals surface area (Å²) in [7, 11) is 0. The second-order valence-corrected chi connectivity index (χ2v) is 8.90. The van der Waals surface area contributed by atoms with E-state index >= 15 is 0 Å². The third-order valence-corrected chi connectivity index (χ3v) is 6.22. The summed E-state index contributed by atoms with van der Waals surface area (Å²) in [4.78, 5) is 22.8. The van der Waals surface area contributed by atoms with Gasteiger partial charge in [-0.1, -0.05) is 48.5 Å². The monoisotopic (exact) mass is 522 g/mol. The molecule has 0 aliphatic carbocycles. The lowest BCUT2D eigenvalue weighted by atomic mass is 10.1. The molecule has 5 rings (SSSR count). The molecule has 0 bridgehead atoms. The maximum atomic E-state index is 13.6. The molecule has 0 radical (unpaired) electrons. The molecule has 0 unspecified atom stereocenters. The topological polar surface area (TPSA) is 80.5 Å². The number of hydrogen-bond donors (Lipinski definition) is 1. The summed E-state index contributed by atoms with van der Waals surface area (Å²) in [6.07, 6.45) is -1.59. The van der Waals surface area contributed by atoms with Crippen molar-refractivity contribution in [2.45, 2.75) is 31.7 Å². The Labute approximate surface area is 217 Å². The largest absolute Gasteiger partial charge is 0.437 e. The fraction of sp³-hybridized carbons (Fsp3) is 0.250. The van der Waals surface area contributed by atoms with Crippen molar-refractivity contribution in [3.8, 4) is 11.5 Å². The first kappa shape index (κ1) is 25.5. The SMILES string of the molecule is O=C(Nc1ccc(N2CCC(OCc3ccccc3)CC2)nc1)c1oc(-c2ccccc2)nc1C(F)(F)F. The lowest BCUT2D eigenvalue weighted by molar-refractivity contribution is -0.141. The molecule has 1 saturated heterocycles. The lowest BCUT2D eigenvalue weighted by Gasteiger charge is -2.32. The molecule has 1 aliphatic heterocycles. The normalized spacial score (nSPS) is 14.4. The smallest absolute Gasteiger partial charge is 0.430 e. The van der Waals surface area contributed by atoms with Gasteiger partial charge in [-0.2, -0.15) is 13.2 Å². The minimum atomic E-state index is -4.86. The third kappa shape index (κ3) is 6.03. The van der Waals surface area contributed by atoms with Crippen molar-refractivity contribution in [2.24, 2.45) is 0 Å². The molecule has 2 aromatic heterocycles. The Balaban J connectivity index is 1.20. The summed E-state index contributed by atoms with van der Waals surface area (Å²) in [5, 5.41) is 2.43.